The van der Waals surface area contributed by atoms with Crippen molar-refractivity contribution < 1.29 is 14.3 Å². The predicted molar refractivity (Wildman–Crippen MR) is 101 cm³/mol. The zero-order valence-electron chi connectivity index (χ0n) is 13.8. The third-order valence-corrected chi connectivity index (χ3v) is 4.41. The number of hydrogen-bond acceptors (Lipinski definition) is 4. The molecule has 5 nitrogen and oxygen atoms in total. The molecule has 0 fully saturated rings. The third kappa shape index (κ3) is 3.94. The number of nitrogens with zero attached hydrogens (tertiary/aromatic N) is 1. The van der Waals surface area contributed by atoms with Crippen molar-refractivity contribution in [3.63, 3.8) is 0 Å². The van der Waals surface area contributed by atoms with Crippen molar-refractivity contribution in [2.45, 2.75) is 0 Å². The van der Waals surface area contributed by atoms with Crippen LogP contribution in [0.1, 0.15) is 10.4 Å². The molecule has 0 bridgehead atoms. The molecular weight excluding hydrogens is 396 g/mol. The molecule has 2 aromatic rings. The van der Waals surface area contributed by atoms with Gasteiger partial charge in [0, 0.05) is 24.7 Å². The lowest BCUT2D eigenvalue weighted by molar-refractivity contribution is 0.102. The van der Waals surface area contributed by atoms with Gasteiger partial charge in [-0.05, 0) is 46.3 Å². The molecule has 128 valence electrons. The Hall–Kier alpha value is -1.92. The van der Waals surface area contributed by atoms with Gasteiger partial charge < -0.3 is 19.7 Å². The van der Waals surface area contributed by atoms with Gasteiger partial charge in [0.05, 0.1) is 25.6 Å². The number of halogens is 2. The number of nitrogens with one attached hydrogen (secondary N) is 1. The van der Waals surface area contributed by atoms with Crippen LogP contribution in [0.15, 0.2) is 34.8 Å². The molecule has 0 unspecified atom stereocenters. The van der Waals surface area contributed by atoms with Crippen LogP contribution in [0.2, 0.25) is 5.02 Å². The topological polar surface area (TPSA) is 50.8 Å². The van der Waals surface area contributed by atoms with Crippen LogP contribution in [0.5, 0.6) is 11.5 Å². The Labute approximate surface area is 154 Å². The van der Waals surface area contributed by atoms with E-state index in [1.165, 1.54) is 14.2 Å². The van der Waals surface area contributed by atoms with Crippen molar-refractivity contribution in [2.75, 3.05) is 38.5 Å². The van der Waals surface area contributed by atoms with Crippen LogP contribution in [-0.2, 0) is 0 Å². The standard InChI is InChI=1S/C17H18BrClN2O3/c1-21(2)13-6-5-11(19)9-12(13)20-17(22)10-7-14(23-3)16(18)15(8-10)24-4/h5-9H,1-4H3,(H,20,22). The number of benzene rings is 2. The highest BCUT2D eigenvalue weighted by atomic mass is 79.9. The summed E-state index contributed by atoms with van der Waals surface area (Å²) in [6, 6.07) is 8.62. The monoisotopic (exact) mass is 412 g/mol. The Bertz CT molecular complexity index is 740. The van der Waals surface area contributed by atoms with Crippen LogP contribution in [0, 0.1) is 0 Å². The summed E-state index contributed by atoms with van der Waals surface area (Å²) in [6.45, 7) is 0. The van der Waals surface area contributed by atoms with E-state index in [9.17, 15) is 4.79 Å². The molecule has 0 heterocycles. The van der Waals surface area contributed by atoms with E-state index >= 15 is 0 Å². The van der Waals surface area contributed by atoms with Crippen molar-refractivity contribution in [3.05, 3.63) is 45.4 Å². The number of rotatable bonds is 5. The lowest BCUT2D eigenvalue weighted by atomic mass is 10.1. The van der Waals surface area contributed by atoms with Crippen molar-refractivity contribution >= 4 is 44.8 Å². The first-order valence-electron chi connectivity index (χ1n) is 7.07. The molecule has 2 aromatic carbocycles. The molecule has 0 aromatic heterocycles. The van der Waals surface area contributed by atoms with Crippen LogP contribution in [-0.4, -0.2) is 34.2 Å². The molecule has 0 aliphatic rings. The third-order valence-electron chi connectivity index (χ3n) is 3.40. The molecule has 0 spiro atoms. The first kappa shape index (κ1) is 18.4. The highest BCUT2D eigenvalue weighted by Gasteiger charge is 2.16. The lowest BCUT2D eigenvalue weighted by Gasteiger charge is -2.18. The summed E-state index contributed by atoms with van der Waals surface area (Å²) in [5.41, 5.74) is 1.89. The number of carbonyl (C=O) groups excluding carboxylic acids is 1. The largest absolute Gasteiger partial charge is 0.495 e. The van der Waals surface area contributed by atoms with Gasteiger partial charge in [0.15, 0.2) is 0 Å². The lowest BCUT2D eigenvalue weighted by Crippen LogP contribution is -2.17. The van der Waals surface area contributed by atoms with Crippen molar-refractivity contribution in [1.29, 1.82) is 0 Å². The molecule has 0 radical (unpaired) electrons. The zero-order valence-corrected chi connectivity index (χ0v) is 16.2. The normalized spacial score (nSPS) is 10.2. The van der Waals surface area contributed by atoms with Gasteiger partial charge in [0.25, 0.3) is 5.91 Å². The van der Waals surface area contributed by atoms with Crippen LogP contribution in [0.25, 0.3) is 0 Å². The van der Waals surface area contributed by atoms with Crippen LogP contribution < -0.4 is 19.7 Å². The average Bonchev–Trinajstić information content (AvgIpc) is 2.54. The highest BCUT2D eigenvalue weighted by Crippen LogP contribution is 2.36. The Kier molecular flexibility index (Phi) is 5.96. The van der Waals surface area contributed by atoms with Crippen LogP contribution >= 0.6 is 27.5 Å². The Morgan fingerprint density at radius 1 is 1.12 bits per heavy atom. The van der Waals surface area contributed by atoms with Crippen molar-refractivity contribution in [2.24, 2.45) is 0 Å². The van der Waals surface area contributed by atoms with E-state index in [0.717, 1.165) is 5.69 Å². The fourth-order valence-electron chi connectivity index (χ4n) is 2.19. The maximum atomic E-state index is 12.6. The number of carbonyl (C=O) groups is 1. The Morgan fingerprint density at radius 3 is 2.21 bits per heavy atom. The summed E-state index contributed by atoms with van der Waals surface area (Å²) in [4.78, 5) is 14.5. The summed E-state index contributed by atoms with van der Waals surface area (Å²) >= 11 is 9.44. The SMILES string of the molecule is COc1cc(C(=O)Nc2cc(Cl)ccc2N(C)C)cc(OC)c1Br. The van der Waals surface area contributed by atoms with Gasteiger partial charge in [-0.1, -0.05) is 11.6 Å². The molecule has 0 saturated heterocycles. The summed E-state index contributed by atoms with van der Waals surface area (Å²) in [7, 11) is 6.85. The molecule has 0 atom stereocenters. The van der Waals surface area contributed by atoms with Crippen molar-refractivity contribution in [3.8, 4) is 11.5 Å². The van der Waals surface area contributed by atoms with Gasteiger partial charge >= 0.3 is 0 Å². The van der Waals surface area contributed by atoms with E-state index in [4.69, 9.17) is 21.1 Å². The molecule has 0 aliphatic carbocycles. The molecule has 1 N–H and O–H groups in total. The van der Waals surface area contributed by atoms with Crippen LogP contribution in [0.3, 0.4) is 0 Å². The number of methoxy groups -OCH3 is 2. The average molecular weight is 414 g/mol. The summed E-state index contributed by atoms with van der Waals surface area (Å²) in [5, 5.41) is 3.42. The minimum Gasteiger partial charge on any atom is -0.495 e. The molecule has 0 aliphatic heterocycles. The summed E-state index contributed by atoms with van der Waals surface area (Å²) in [5.74, 6) is 0.737. The van der Waals surface area contributed by atoms with Crippen molar-refractivity contribution in [1.82, 2.24) is 0 Å². The quantitative estimate of drug-likeness (QED) is 0.787. The second kappa shape index (κ2) is 7.77. The first-order chi connectivity index (χ1) is 11.4. The smallest absolute Gasteiger partial charge is 0.255 e. The van der Waals surface area contributed by atoms with E-state index in [1.807, 2.05) is 25.1 Å². The fourth-order valence-corrected chi connectivity index (χ4v) is 2.92. The van der Waals surface area contributed by atoms with E-state index in [1.54, 1.807) is 24.3 Å². The molecular formula is C17H18BrClN2O3. The van der Waals surface area contributed by atoms with E-state index in [0.29, 0.717) is 32.2 Å². The minimum absolute atomic E-state index is 0.288. The molecule has 7 heteroatoms. The molecule has 1 amide bonds. The second-order valence-electron chi connectivity index (χ2n) is 5.20. The second-order valence-corrected chi connectivity index (χ2v) is 6.43. The summed E-state index contributed by atoms with van der Waals surface area (Å²) < 4.78 is 11.2. The van der Waals surface area contributed by atoms with Gasteiger partial charge in [0.1, 0.15) is 16.0 Å². The molecule has 2 rings (SSSR count). The fraction of sp³-hybridized carbons (Fsp3) is 0.235. The summed E-state index contributed by atoms with van der Waals surface area (Å²) in [6.07, 6.45) is 0. The van der Waals surface area contributed by atoms with Gasteiger partial charge in [-0.15, -0.1) is 0 Å². The Balaban J connectivity index is 2.39. The number of amides is 1. The van der Waals surface area contributed by atoms with Gasteiger partial charge in [-0.3, -0.25) is 4.79 Å². The number of ether oxygens (including phenoxy) is 2. The maximum Gasteiger partial charge on any atom is 0.255 e. The first-order valence-corrected chi connectivity index (χ1v) is 8.24. The maximum absolute atomic E-state index is 12.6. The molecule has 0 saturated carbocycles. The predicted octanol–water partition coefficient (Wildman–Crippen LogP) is 4.44. The van der Waals surface area contributed by atoms with E-state index < -0.39 is 0 Å². The Morgan fingerprint density at radius 2 is 1.71 bits per heavy atom. The van der Waals surface area contributed by atoms with Gasteiger partial charge in [-0.25, -0.2) is 0 Å². The van der Waals surface area contributed by atoms with Crippen LogP contribution in [0.4, 0.5) is 11.4 Å². The van der Waals surface area contributed by atoms with E-state index in [2.05, 4.69) is 21.2 Å². The highest BCUT2D eigenvalue weighted by molar-refractivity contribution is 9.10. The van der Waals surface area contributed by atoms with E-state index in [-0.39, 0.29) is 5.91 Å². The molecule has 24 heavy (non-hydrogen) atoms. The van der Waals surface area contributed by atoms with Gasteiger partial charge in [0.2, 0.25) is 0 Å². The minimum atomic E-state index is -0.288. The van der Waals surface area contributed by atoms with Gasteiger partial charge in [-0.2, -0.15) is 0 Å². The number of anilines is 2. The number of hydrogen-bond donors (Lipinski definition) is 1. The zero-order chi connectivity index (χ0) is 17.9.